The maximum absolute atomic E-state index is 12.3. The Morgan fingerprint density at radius 2 is 1.83 bits per heavy atom. The zero-order valence-corrected chi connectivity index (χ0v) is 13.1. The summed E-state index contributed by atoms with van der Waals surface area (Å²) in [5.74, 6) is -0.438. The van der Waals surface area contributed by atoms with E-state index in [0.29, 0.717) is 16.9 Å². The number of nitrogens with one attached hydrogen (secondary N) is 1. The number of carbonyl (C=O) groups excluding carboxylic acids is 2. The Hall–Kier alpha value is -2.86. The number of rotatable bonds is 4. The second kappa shape index (κ2) is 6.50. The smallest absolute Gasteiger partial charge is 0.275 e. The fourth-order valence-electron chi connectivity index (χ4n) is 2.09. The number of pyridine rings is 1. The molecule has 0 bridgehead atoms. The van der Waals surface area contributed by atoms with Gasteiger partial charge >= 0.3 is 0 Å². The maximum Gasteiger partial charge on any atom is 0.275 e. The van der Waals surface area contributed by atoms with Crippen LogP contribution in [0.3, 0.4) is 0 Å². The first kappa shape index (κ1) is 15.1. The van der Waals surface area contributed by atoms with Gasteiger partial charge in [0.15, 0.2) is 5.78 Å². The first-order valence-corrected chi connectivity index (χ1v) is 7.80. The van der Waals surface area contributed by atoms with E-state index in [1.807, 2.05) is 12.1 Å². The molecule has 0 radical (unpaired) electrons. The van der Waals surface area contributed by atoms with Gasteiger partial charge < -0.3 is 5.32 Å². The normalized spacial score (nSPS) is 10.3. The lowest BCUT2D eigenvalue weighted by Crippen LogP contribution is -2.14. The molecule has 114 valence electrons. The Labute approximate surface area is 137 Å². The van der Waals surface area contributed by atoms with E-state index in [1.54, 1.807) is 42.0 Å². The molecule has 0 saturated heterocycles. The number of carbonyl (C=O) groups is 2. The summed E-state index contributed by atoms with van der Waals surface area (Å²) in [7, 11) is 0. The molecule has 0 atom stereocenters. The van der Waals surface area contributed by atoms with E-state index in [2.05, 4.69) is 15.3 Å². The number of anilines is 1. The molecule has 0 fully saturated rings. The number of para-hydroxylation sites is 1. The van der Waals surface area contributed by atoms with Crippen LogP contribution in [0, 0.1) is 0 Å². The van der Waals surface area contributed by atoms with Crippen LogP contribution in [0.1, 0.15) is 27.8 Å². The molecule has 3 aromatic rings. The minimum atomic E-state index is -0.338. The average Bonchev–Trinajstić information content (AvgIpc) is 3.06. The van der Waals surface area contributed by atoms with Gasteiger partial charge in [0.2, 0.25) is 0 Å². The summed E-state index contributed by atoms with van der Waals surface area (Å²) in [5.41, 5.74) is 2.20. The van der Waals surface area contributed by atoms with Crippen LogP contribution in [0.15, 0.2) is 54.2 Å². The molecule has 1 N–H and O–H groups in total. The fraction of sp³-hybridized carbons (Fsp3) is 0.0588. The minimum Gasteiger partial charge on any atom is -0.320 e. The van der Waals surface area contributed by atoms with Gasteiger partial charge in [-0.2, -0.15) is 0 Å². The molecule has 0 unspecified atom stereocenters. The lowest BCUT2D eigenvalue weighted by atomic mass is 10.1. The maximum atomic E-state index is 12.3. The molecule has 5 nitrogen and oxygen atoms in total. The predicted molar refractivity (Wildman–Crippen MR) is 89.7 cm³/mol. The van der Waals surface area contributed by atoms with Crippen molar-refractivity contribution >= 4 is 28.7 Å². The van der Waals surface area contributed by atoms with Gasteiger partial charge in [-0.1, -0.05) is 12.1 Å². The molecule has 0 spiro atoms. The SMILES string of the molecule is CC(=O)c1ccccc1NC(=O)c1csc(-c2ccncc2)n1. The zero-order valence-electron chi connectivity index (χ0n) is 12.3. The number of benzene rings is 1. The van der Waals surface area contributed by atoms with Crippen LogP contribution in [-0.2, 0) is 0 Å². The van der Waals surface area contributed by atoms with Crippen LogP contribution in [0.4, 0.5) is 5.69 Å². The summed E-state index contributed by atoms with van der Waals surface area (Å²) in [6, 6.07) is 10.6. The van der Waals surface area contributed by atoms with Crippen LogP contribution in [0.25, 0.3) is 10.6 Å². The van der Waals surface area contributed by atoms with Crippen LogP contribution in [0.2, 0.25) is 0 Å². The molecule has 0 aliphatic carbocycles. The predicted octanol–water partition coefficient (Wildman–Crippen LogP) is 3.66. The lowest BCUT2D eigenvalue weighted by molar-refractivity contribution is 0.101. The molecule has 0 aliphatic rings. The van der Waals surface area contributed by atoms with Crippen molar-refractivity contribution in [2.45, 2.75) is 6.92 Å². The van der Waals surface area contributed by atoms with Crippen molar-refractivity contribution in [3.05, 3.63) is 65.4 Å². The van der Waals surface area contributed by atoms with Crippen LogP contribution >= 0.6 is 11.3 Å². The third kappa shape index (κ3) is 3.32. The molecule has 1 amide bonds. The second-order valence-corrected chi connectivity index (χ2v) is 5.69. The van der Waals surface area contributed by atoms with Crippen molar-refractivity contribution in [3.8, 4) is 10.6 Å². The molecule has 1 aromatic carbocycles. The average molecular weight is 323 g/mol. The summed E-state index contributed by atoms with van der Waals surface area (Å²) in [5, 5.41) is 5.19. The Morgan fingerprint density at radius 3 is 2.57 bits per heavy atom. The highest BCUT2D eigenvalue weighted by atomic mass is 32.1. The largest absolute Gasteiger partial charge is 0.320 e. The quantitative estimate of drug-likeness (QED) is 0.744. The highest BCUT2D eigenvalue weighted by molar-refractivity contribution is 7.13. The standard InChI is InChI=1S/C17H13N3O2S/c1-11(21)13-4-2-3-5-14(13)19-16(22)15-10-23-17(20-15)12-6-8-18-9-7-12/h2-10H,1H3,(H,19,22). The molecule has 3 rings (SSSR count). The fourth-order valence-corrected chi connectivity index (χ4v) is 2.90. The van der Waals surface area contributed by atoms with E-state index in [-0.39, 0.29) is 11.7 Å². The monoisotopic (exact) mass is 323 g/mol. The molecule has 2 heterocycles. The highest BCUT2D eigenvalue weighted by Crippen LogP contribution is 2.24. The van der Waals surface area contributed by atoms with Crippen molar-refractivity contribution in [1.29, 1.82) is 0 Å². The summed E-state index contributed by atoms with van der Waals surface area (Å²) >= 11 is 1.39. The molecule has 0 aliphatic heterocycles. The number of aromatic nitrogens is 2. The summed E-state index contributed by atoms with van der Waals surface area (Å²) in [6.45, 7) is 1.47. The van der Waals surface area contributed by atoms with Gasteiger partial charge in [0.25, 0.3) is 5.91 Å². The van der Waals surface area contributed by atoms with E-state index in [1.165, 1.54) is 18.3 Å². The summed E-state index contributed by atoms with van der Waals surface area (Å²) in [6.07, 6.45) is 3.36. The highest BCUT2D eigenvalue weighted by Gasteiger charge is 2.14. The van der Waals surface area contributed by atoms with Crippen molar-refractivity contribution in [3.63, 3.8) is 0 Å². The zero-order chi connectivity index (χ0) is 16.2. The first-order chi connectivity index (χ1) is 11.1. The Bertz CT molecular complexity index is 859. The van der Waals surface area contributed by atoms with Crippen molar-refractivity contribution in [2.24, 2.45) is 0 Å². The molecule has 6 heteroatoms. The third-order valence-corrected chi connectivity index (χ3v) is 4.11. The van der Waals surface area contributed by atoms with Gasteiger partial charge in [-0.15, -0.1) is 11.3 Å². The lowest BCUT2D eigenvalue weighted by Gasteiger charge is -2.07. The molecule has 0 saturated carbocycles. The van der Waals surface area contributed by atoms with Crippen molar-refractivity contribution < 1.29 is 9.59 Å². The van der Waals surface area contributed by atoms with Crippen molar-refractivity contribution in [2.75, 3.05) is 5.32 Å². The van der Waals surface area contributed by atoms with Gasteiger partial charge in [-0.3, -0.25) is 14.6 Å². The number of hydrogen-bond acceptors (Lipinski definition) is 5. The Kier molecular flexibility index (Phi) is 4.25. The van der Waals surface area contributed by atoms with Crippen molar-refractivity contribution in [1.82, 2.24) is 9.97 Å². The van der Waals surface area contributed by atoms with Gasteiger partial charge in [0.05, 0.1) is 5.69 Å². The summed E-state index contributed by atoms with van der Waals surface area (Å²) < 4.78 is 0. The van der Waals surface area contributed by atoms with Crippen LogP contribution < -0.4 is 5.32 Å². The van der Waals surface area contributed by atoms with Gasteiger partial charge in [-0.25, -0.2) is 4.98 Å². The van der Waals surface area contributed by atoms with Crippen LogP contribution in [0.5, 0.6) is 0 Å². The summed E-state index contributed by atoms with van der Waals surface area (Å²) in [4.78, 5) is 32.3. The van der Waals surface area contributed by atoms with Crippen LogP contribution in [-0.4, -0.2) is 21.7 Å². The van der Waals surface area contributed by atoms with E-state index < -0.39 is 0 Å². The van der Waals surface area contributed by atoms with E-state index in [9.17, 15) is 9.59 Å². The first-order valence-electron chi connectivity index (χ1n) is 6.92. The third-order valence-electron chi connectivity index (χ3n) is 3.22. The van der Waals surface area contributed by atoms with E-state index >= 15 is 0 Å². The topological polar surface area (TPSA) is 72.0 Å². The van der Waals surface area contributed by atoms with Gasteiger partial charge in [-0.05, 0) is 31.2 Å². The van der Waals surface area contributed by atoms with Gasteiger partial charge in [0.1, 0.15) is 10.7 Å². The second-order valence-electron chi connectivity index (χ2n) is 4.83. The van der Waals surface area contributed by atoms with E-state index in [0.717, 1.165) is 10.6 Å². The Balaban J connectivity index is 1.83. The van der Waals surface area contributed by atoms with E-state index in [4.69, 9.17) is 0 Å². The van der Waals surface area contributed by atoms with Gasteiger partial charge in [0, 0.05) is 28.9 Å². The number of amides is 1. The molecular weight excluding hydrogens is 310 g/mol. The molecule has 2 aromatic heterocycles. The number of hydrogen-bond donors (Lipinski definition) is 1. The Morgan fingerprint density at radius 1 is 1.09 bits per heavy atom. The number of ketones is 1. The minimum absolute atomic E-state index is 0.100. The number of nitrogens with zero attached hydrogens (tertiary/aromatic N) is 2. The number of thiazole rings is 1. The molecule has 23 heavy (non-hydrogen) atoms. The number of Topliss-reactive ketones (excluding diaryl/α,β-unsaturated/α-hetero) is 1. The molecular formula is C17H13N3O2S.